The van der Waals surface area contributed by atoms with Crippen molar-refractivity contribution in [3.63, 3.8) is 0 Å². The first-order valence-electron chi connectivity index (χ1n) is 3.81. The lowest BCUT2D eigenvalue weighted by molar-refractivity contribution is 0.433. The van der Waals surface area contributed by atoms with E-state index >= 15 is 0 Å². The molecule has 0 amide bonds. The smallest absolute Gasteiger partial charge is 0.166 e. The molecule has 1 aromatic rings. The summed E-state index contributed by atoms with van der Waals surface area (Å²) in [4.78, 5) is 0. The van der Waals surface area contributed by atoms with Crippen LogP contribution in [0, 0.1) is 34.6 Å². The maximum atomic E-state index is 13.1. The highest BCUT2D eigenvalue weighted by molar-refractivity contribution is 6.17. The van der Waals surface area contributed by atoms with Gasteiger partial charge in [0.25, 0.3) is 0 Å². The van der Waals surface area contributed by atoms with E-state index in [1.165, 1.54) is 6.07 Å². The molecule has 80 valence electrons. The van der Waals surface area contributed by atoms with Gasteiger partial charge < -0.3 is 0 Å². The first-order chi connectivity index (χ1) is 7.04. The molecule has 1 nitrogen and oxygen atoms in total. The van der Waals surface area contributed by atoms with E-state index < -0.39 is 46.7 Å². The highest BCUT2D eigenvalue weighted by Gasteiger charge is 2.24. The van der Waals surface area contributed by atoms with Crippen molar-refractivity contribution in [1.82, 2.24) is 0 Å². The van der Waals surface area contributed by atoms with Crippen LogP contribution in [0.5, 0.6) is 0 Å². The van der Waals surface area contributed by atoms with Gasteiger partial charge in [-0.15, -0.1) is 11.6 Å². The lowest BCUT2D eigenvalue weighted by atomic mass is 10.1. The number of benzene rings is 1. The summed E-state index contributed by atoms with van der Waals surface area (Å²) in [7, 11) is 0. The lowest BCUT2D eigenvalue weighted by Gasteiger charge is -2.07. The molecule has 0 aliphatic heterocycles. The fourth-order valence-corrected chi connectivity index (χ4v) is 1.31. The fraction of sp³-hybridized carbons (Fsp3) is 0.222. The molecule has 1 rings (SSSR count). The molecule has 0 unspecified atom stereocenters. The van der Waals surface area contributed by atoms with Crippen molar-refractivity contribution in [3.05, 3.63) is 34.4 Å². The van der Waals surface area contributed by atoms with E-state index in [4.69, 9.17) is 16.9 Å². The van der Waals surface area contributed by atoms with Crippen molar-refractivity contribution < 1.29 is 17.6 Å². The zero-order chi connectivity index (χ0) is 11.6. The summed E-state index contributed by atoms with van der Waals surface area (Å²) >= 11 is 5.13. The molecular weight excluding hydrogens is 234 g/mol. The van der Waals surface area contributed by atoms with Crippen LogP contribution in [0.1, 0.15) is 11.1 Å². The molecule has 0 N–H and O–H groups in total. The SMILES string of the molecule is N#CCc1c(F)c(F)c(CCl)c(F)c1F. The molecule has 0 saturated heterocycles. The molecule has 0 radical (unpaired) electrons. The van der Waals surface area contributed by atoms with E-state index in [1.54, 1.807) is 0 Å². The Bertz CT molecular complexity index is 410. The highest BCUT2D eigenvalue weighted by atomic mass is 35.5. The summed E-state index contributed by atoms with van der Waals surface area (Å²) in [6.45, 7) is 0. The molecule has 6 heteroatoms. The largest absolute Gasteiger partial charge is 0.203 e. The van der Waals surface area contributed by atoms with Gasteiger partial charge >= 0.3 is 0 Å². The van der Waals surface area contributed by atoms with Crippen LogP contribution in [0.4, 0.5) is 17.6 Å². The number of alkyl halides is 1. The van der Waals surface area contributed by atoms with E-state index in [0.29, 0.717) is 0 Å². The standard InChI is InChI=1S/C9H4ClF4N/c10-3-5-8(13)6(11)4(1-2-15)7(12)9(5)14/h1,3H2. The second kappa shape index (κ2) is 4.49. The van der Waals surface area contributed by atoms with Crippen molar-refractivity contribution in [1.29, 1.82) is 5.26 Å². The van der Waals surface area contributed by atoms with Crippen LogP contribution in [0.25, 0.3) is 0 Å². The number of hydrogen-bond donors (Lipinski definition) is 0. The third kappa shape index (κ3) is 1.90. The van der Waals surface area contributed by atoms with Crippen molar-refractivity contribution in [3.8, 4) is 6.07 Å². The summed E-state index contributed by atoms with van der Waals surface area (Å²) in [5.41, 5.74) is -1.78. The Kier molecular flexibility index (Phi) is 3.53. The minimum absolute atomic E-state index is 0.682. The number of rotatable bonds is 2. The summed E-state index contributed by atoms with van der Waals surface area (Å²) < 4.78 is 52.3. The third-order valence-electron chi connectivity index (χ3n) is 1.83. The average Bonchev–Trinajstić information content (AvgIpc) is 2.23. The second-order valence-corrected chi connectivity index (χ2v) is 2.95. The molecule has 0 atom stereocenters. The Morgan fingerprint density at radius 2 is 1.33 bits per heavy atom. The van der Waals surface area contributed by atoms with Gasteiger partial charge in [0.2, 0.25) is 0 Å². The van der Waals surface area contributed by atoms with Gasteiger partial charge in [-0.3, -0.25) is 0 Å². The van der Waals surface area contributed by atoms with Crippen LogP contribution in [-0.2, 0) is 12.3 Å². The maximum Gasteiger partial charge on any atom is 0.166 e. The summed E-state index contributed by atoms with van der Waals surface area (Å²) in [6.07, 6.45) is -0.742. The number of hydrogen-bond acceptors (Lipinski definition) is 1. The predicted octanol–water partition coefficient (Wildman–Crippen LogP) is 3.05. The zero-order valence-corrected chi connectivity index (χ0v) is 8.01. The Hall–Kier alpha value is -1.28. The molecule has 0 fully saturated rings. The van der Waals surface area contributed by atoms with Crippen molar-refractivity contribution in [2.45, 2.75) is 12.3 Å². The van der Waals surface area contributed by atoms with E-state index in [1.807, 2.05) is 0 Å². The highest BCUT2D eigenvalue weighted by Crippen LogP contribution is 2.25. The van der Waals surface area contributed by atoms with Crippen LogP contribution in [0.3, 0.4) is 0 Å². The Labute approximate surface area is 87.9 Å². The minimum atomic E-state index is -1.56. The number of nitrogens with zero attached hydrogens (tertiary/aromatic N) is 1. The Morgan fingerprint density at radius 1 is 0.933 bits per heavy atom. The van der Waals surface area contributed by atoms with Crippen LogP contribution >= 0.6 is 11.6 Å². The topological polar surface area (TPSA) is 23.8 Å². The minimum Gasteiger partial charge on any atom is -0.203 e. The van der Waals surface area contributed by atoms with E-state index in [0.717, 1.165) is 0 Å². The van der Waals surface area contributed by atoms with Crippen molar-refractivity contribution in [2.75, 3.05) is 0 Å². The van der Waals surface area contributed by atoms with Gasteiger partial charge in [-0.05, 0) is 0 Å². The number of nitriles is 1. The molecule has 0 saturated carbocycles. The van der Waals surface area contributed by atoms with Gasteiger partial charge in [0.1, 0.15) is 0 Å². The van der Waals surface area contributed by atoms with E-state index in [-0.39, 0.29) is 0 Å². The second-order valence-electron chi connectivity index (χ2n) is 2.68. The van der Waals surface area contributed by atoms with Gasteiger partial charge in [-0.1, -0.05) is 0 Å². The van der Waals surface area contributed by atoms with Gasteiger partial charge in [0.05, 0.1) is 18.4 Å². The van der Waals surface area contributed by atoms with Crippen LogP contribution in [-0.4, -0.2) is 0 Å². The molecule has 0 aliphatic carbocycles. The summed E-state index contributed by atoms with van der Waals surface area (Å²) in [5, 5.41) is 8.22. The fourth-order valence-electron chi connectivity index (χ4n) is 1.07. The van der Waals surface area contributed by atoms with Crippen molar-refractivity contribution >= 4 is 11.6 Å². The van der Waals surface area contributed by atoms with Gasteiger partial charge in [-0.2, -0.15) is 5.26 Å². The predicted molar refractivity (Wildman–Crippen MR) is 45.1 cm³/mol. The molecular formula is C9H4ClF4N. The van der Waals surface area contributed by atoms with Gasteiger partial charge in [0.15, 0.2) is 23.3 Å². The van der Waals surface area contributed by atoms with Crippen molar-refractivity contribution in [2.24, 2.45) is 0 Å². The third-order valence-corrected chi connectivity index (χ3v) is 2.10. The lowest BCUT2D eigenvalue weighted by Crippen LogP contribution is -2.07. The Balaban J connectivity index is 3.53. The van der Waals surface area contributed by atoms with Gasteiger partial charge in [-0.25, -0.2) is 17.6 Å². The first-order valence-corrected chi connectivity index (χ1v) is 4.34. The molecule has 0 heterocycles. The van der Waals surface area contributed by atoms with Crippen LogP contribution < -0.4 is 0 Å². The summed E-state index contributed by atoms with van der Waals surface area (Å²) in [5.74, 6) is -6.90. The van der Waals surface area contributed by atoms with Crippen LogP contribution in [0.15, 0.2) is 0 Å². The summed E-state index contributed by atoms with van der Waals surface area (Å²) in [6, 6.07) is 1.41. The zero-order valence-electron chi connectivity index (χ0n) is 7.25. The Morgan fingerprint density at radius 3 is 1.67 bits per heavy atom. The maximum absolute atomic E-state index is 13.1. The molecule has 15 heavy (non-hydrogen) atoms. The molecule has 1 aromatic carbocycles. The molecule has 0 spiro atoms. The van der Waals surface area contributed by atoms with Crippen LogP contribution in [0.2, 0.25) is 0 Å². The quantitative estimate of drug-likeness (QED) is 0.441. The monoisotopic (exact) mass is 237 g/mol. The number of halogens is 5. The first kappa shape index (κ1) is 11.8. The van der Waals surface area contributed by atoms with E-state index in [9.17, 15) is 17.6 Å². The molecule has 0 bridgehead atoms. The van der Waals surface area contributed by atoms with Gasteiger partial charge in [0, 0.05) is 11.1 Å². The average molecular weight is 238 g/mol. The molecule has 0 aromatic heterocycles. The van der Waals surface area contributed by atoms with E-state index in [2.05, 4.69) is 0 Å². The normalized spacial score (nSPS) is 10.1. The molecule has 0 aliphatic rings.